The highest BCUT2D eigenvalue weighted by Crippen LogP contribution is 2.19. The molecule has 0 radical (unpaired) electrons. The van der Waals surface area contributed by atoms with Gasteiger partial charge >= 0.3 is 0 Å². The molecule has 1 fully saturated rings. The Bertz CT molecular complexity index is 659. The molecule has 0 bridgehead atoms. The number of aryl methyl sites for hydroxylation is 1. The van der Waals surface area contributed by atoms with Crippen LogP contribution in [0.1, 0.15) is 51.6 Å². The number of pyridine rings is 1. The van der Waals surface area contributed by atoms with Crippen LogP contribution in [-0.2, 0) is 6.54 Å². The lowest BCUT2D eigenvalue weighted by molar-refractivity contribution is 0.0982. The van der Waals surface area contributed by atoms with E-state index in [4.69, 9.17) is 0 Å². The zero-order chi connectivity index (χ0) is 19.7. The molecule has 0 amide bonds. The minimum Gasteiger partial charge on any atom is -0.356 e. The molecule has 152 valence electrons. The molecule has 27 heavy (non-hydrogen) atoms. The van der Waals surface area contributed by atoms with Crippen molar-refractivity contribution < 1.29 is 0 Å². The average molecular weight is 376 g/mol. The molecule has 6 nitrogen and oxygen atoms in total. The van der Waals surface area contributed by atoms with Crippen LogP contribution in [0, 0.1) is 6.92 Å². The Balaban J connectivity index is 1.69. The Hall–Kier alpha value is -1.82. The Kier molecular flexibility index (Phi) is 8.35. The Morgan fingerprint density at radius 3 is 2.56 bits per heavy atom. The van der Waals surface area contributed by atoms with E-state index in [9.17, 15) is 4.79 Å². The van der Waals surface area contributed by atoms with E-state index < -0.39 is 0 Å². The van der Waals surface area contributed by atoms with Gasteiger partial charge in [-0.1, -0.05) is 12.5 Å². The van der Waals surface area contributed by atoms with Gasteiger partial charge in [0.25, 0.3) is 5.56 Å². The number of aromatic nitrogens is 1. The Morgan fingerprint density at radius 2 is 1.89 bits per heavy atom. The second kappa shape index (κ2) is 10.5. The molecule has 0 aromatic carbocycles. The Morgan fingerprint density at radius 1 is 1.15 bits per heavy atom. The van der Waals surface area contributed by atoms with Crippen LogP contribution in [0.3, 0.4) is 0 Å². The summed E-state index contributed by atoms with van der Waals surface area (Å²) >= 11 is 0. The number of unbranched alkanes of at least 4 members (excludes halogenated alkanes) is 1. The summed E-state index contributed by atoms with van der Waals surface area (Å²) in [7, 11) is 1.82. The summed E-state index contributed by atoms with van der Waals surface area (Å²) < 4.78 is 1.84. The van der Waals surface area contributed by atoms with Crippen LogP contribution < -0.4 is 16.2 Å². The van der Waals surface area contributed by atoms with Crippen molar-refractivity contribution in [3.63, 3.8) is 0 Å². The summed E-state index contributed by atoms with van der Waals surface area (Å²) in [6.07, 6.45) is 5.93. The third kappa shape index (κ3) is 6.69. The minimum atomic E-state index is 0.0837. The molecule has 1 aliphatic rings. The van der Waals surface area contributed by atoms with Crippen molar-refractivity contribution in [2.24, 2.45) is 4.99 Å². The number of hydrogen-bond donors (Lipinski definition) is 2. The summed E-state index contributed by atoms with van der Waals surface area (Å²) in [5, 5.41) is 6.87. The Labute approximate surface area is 164 Å². The van der Waals surface area contributed by atoms with E-state index in [0.717, 1.165) is 44.1 Å². The van der Waals surface area contributed by atoms with Crippen LogP contribution in [0.5, 0.6) is 0 Å². The van der Waals surface area contributed by atoms with Gasteiger partial charge in [0, 0.05) is 44.0 Å². The van der Waals surface area contributed by atoms with Crippen LogP contribution in [0.15, 0.2) is 28.0 Å². The minimum absolute atomic E-state index is 0.0837. The lowest BCUT2D eigenvalue weighted by Crippen LogP contribution is -2.54. The van der Waals surface area contributed by atoms with Gasteiger partial charge in [0.1, 0.15) is 0 Å². The molecule has 0 atom stereocenters. The number of guanidine groups is 1. The predicted octanol–water partition coefficient (Wildman–Crippen LogP) is 2.37. The van der Waals surface area contributed by atoms with E-state index in [1.54, 1.807) is 6.07 Å². The van der Waals surface area contributed by atoms with E-state index in [0.29, 0.717) is 0 Å². The number of aliphatic imine (C=N–C) groups is 1. The van der Waals surface area contributed by atoms with Gasteiger partial charge in [-0.05, 0) is 65.6 Å². The first-order valence-electron chi connectivity index (χ1n) is 10.3. The third-order valence-electron chi connectivity index (χ3n) is 5.49. The van der Waals surface area contributed by atoms with E-state index >= 15 is 0 Å². The largest absolute Gasteiger partial charge is 0.356 e. The number of nitrogens with one attached hydrogen (secondary N) is 2. The molecule has 0 spiro atoms. The second-order valence-electron chi connectivity index (χ2n) is 8.08. The maximum Gasteiger partial charge on any atom is 0.250 e. The van der Waals surface area contributed by atoms with Gasteiger partial charge in [-0.25, -0.2) is 0 Å². The highest BCUT2D eigenvalue weighted by Gasteiger charge is 2.27. The number of nitrogens with zero attached hydrogens (tertiary/aromatic N) is 3. The standard InChI is InChI=1S/C21H37N5O/c1-18-11-10-12-19(27)26(18)16-9-6-13-23-20(22-4)24-17-21(2,3)25-14-7-5-8-15-25/h10-12H,5-9,13-17H2,1-4H3,(H2,22,23,24). The molecule has 1 aromatic heterocycles. The molecule has 2 N–H and O–H groups in total. The monoisotopic (exact) mass is 375 g/mol. The lowest BCUT2D eigenvalue weighted by atomic mass is 9.98. The summed E-state index contributed by atoms with van der Waals surface area (Å²) in [6.45, 7) is 11.5. The molecular weight excluding hydrogens is 338 g/mol. The molecule has 0 aliphatic carbocycles. The molecule has 1 aliphatic heterocycles. The predicted molar refractivity (Wildman–Crippen MR) is 114 cm³/mol. The molecule has 6 heteroatoms. The van der Waals surface area contributed by atoms with E-state index in [1.807, 2.05) is 30.7 Å². The van der Waals surface area contributed by atoms with Gasteiger partial charge < -0.3 is 15.2 Å². The van der Waals surface area contributed by atoms with Gasteiger partial charge in [0.2, 0.25) is 0 Å². The molecule has 1 aromatic rings. The topological polar surface area (TPSA) is 61.7 Å². The number of hydrogen-bond acceptors (Lipinski definition) is 3. The van der Waals surface area contributed by atoms with E-state index in [-0.39, 0.29) is 11.1 Å². The van der Waals surface area contributed by atoms with Crippen LogP contribution in [0.2, 0.25) is 0 Å². The zero-order valence-electron chi connectivity index (χ0n) is 17.6. The number of piperidine rings is 1. The van der Waals surface area contributed by atoms with Gasteiger partial charge in [0.05, 0.1) is 0 Å². The lowest BCUT2D eigenvalue weighted by Gasteiger charge is -2.41. The summed E-state index contributed by atoms with van der Waals surface area (Å²) in [5.74, 6) is 0.855. The van der Waals surface area contributed by atoms with Crippen molar-refractivity contribution in [1.29, 1.82) is 0 Å². The maximum atomic E-state index is 11.9. The fourth-order valence-corrected chi connectivity index (χ4v) is 3.64. The first-order chi connectivity index (χ1) is 12.9. The summed E-state index contributed by atoms with van der Waals surface area (Å²) in [4.78, 5) is 18.8. The van der Waals surface area contributed by atoms with Crippen LogP contribution in [0.4, 0.5) is 0 Å². The molecule has 2 rings (SSSR count). The number of likely N-dealkylation sites (tertiary alicyclic amines) is 1. The van der Waals surface area contributed by atoms with Crippen LogP contribution in [0.25, 0.3) is 0 Å². The number of rotatable bonds is 8. The maximum absolute atomic E-state index is 11.9. The summed E-state index contributed by atoms with van der Waals surface area (Å²) in [5.41, 5.74) is 1.23. The fraction of sp³-hybridized carbons (Fsp3) is 0.714. The average Bonchev–Trinajstić information content (AvgIpc) is 2.66. The third-order valence-corrected chi connectivity index (χ3v) is 5.49. The molecule has 1 saturated heterocycles. The van der Waals surface area contributed by atoms with Crippen molar-refractivity contribution in [2.45, 2.75) is 65.0 Å². The highest BCUT2D eigenvalue weighted by molar-refractivity contribution is 5.79. The fourth-order valence-electron chi connectivity index (χ4n) is 3.64. The SMILES string of the molecule is CN=C(NCCCCn1c(C)cccc1=O)NCC(C)(C)N1CCCCC1. The van der Waals surface area contributed by atoms with E-state index in [1.165, 1.54) is 32.4 Å². The molecule has 0 saturated carbocycles. The quantitative estimate of drug-likeness (QED) is 0.416. The smallest absolute Gasteiger partial charge is 0.250 e. The van der Waals surface area contributed by atoms with Gasteiger partial charge in [0.15, 0.2) is 5.96 Å². The molecular formula is C21H37N5O. The first kappa shape index (κ1) is 21.5. The van der Waals surface area contributed by atoms with Crippen molar-refractivity contribution in [3.05, 3.63) is 34.2 Å². The second-order valence-corrected chi connectivity index (χ2v) is 8.08. The van der Waals surface area contributed by atoms with Crippen molar-refractivity contribution >= 4 is 5.96 Å². The first-order valence-corrected chi connectivity index (χ1v) is 10.3. The normalized spacial score (nSPS) is 16.4. The van der Waals surface area contributed by atoms with Crippen LogP contribution in [-0.4, -0.2) is 54.2 Å². The van der Waals surface area contributed by atoms with Crippen LogP contribution >= 0.6 is 0 Å². The van der Waals surface area contributed by atoms with E-state index in [2.05, 4.69) is 34.4 Å². The van der Waals surface area contributed by atoms with Gasteiger partial charge in [-0.3, -0.25) is 14.7 Å². The highest BCUT2D eigenvalue weighted by atomic mass is 16.1. The van der Waals surface area contributed by atoms with Gasteiger partial charge in [-0.15, -0.1) is 0 Å². The van der Waals surface area contributed by atoms with Crippen molar-refractivity contribution in [1.82, 2.24) is 20.1 Å². The van der Waals surface area contributed by atoms with Gasteiger partial charge in [-0.2, -0.15) is 0 Å². The zero-order valence-corrected chi connectivity index (χ0v) is 17.6. The van der Waals surface area contributed by atoms with Crippen molar-refractivity contribution in [3.8, 4) is 0 Å². The summed E-state index contributed by atoms with van der Waals surface area (Å²) in [6, 6.07) is 5.42. The molecule has 2 heterocycles. The van der Waals surface area contributed by atoms with Crippen molar-refractivity contribution in [2.75, 3.05) is 33.2 Å². The molecule has 0 unspecified atom stereocenters.